The molecule has 0 fully saturated rings. The third-order valence-corrected chi connectivity index (χ3v) is 1.55. The molecule has 0 radical (unpaired) electrons. The quantitative estimate of drug-likeness (QED) is 0.354. The third-order valence-electron chi connectivity index (χ3n) is 1.55. The molecule has 0 aromatic heterocycles. The van der Waals surface area contributed by atoms with Gasteiger partial charge in [-0.3, -0.25) is 9.59 Å². The van der Waals surface area contributed by atoms with Crippen molar-refractivity contribution in [1.82, 2.24) is 0 Å². The standard InChI is InChI=1S/C9H12O3/c1-4-5-6-8(7(2)10)9(11)12-3/h1,8H,5-6H2,2-3H3. The zero-order valence-corrected chi connectivity index (χ0v) is 7.29. The van der Waals surface area contributed by atoms with Crippen molar-refractivity contribution in [3.63, 3.8) is 0 Å². The zero-order valence-electron chi connectivity index (χ0n) is 7.29. The Balaban J connectivity index is 4.15. The number of rotatable bonds is 4. The normalized spacial score (nSPS) is 11.4. The van der Waals surface area contributed by atoms with Crippen LogP contribution in [0.15, 0.2) is 0 Å². The summed E-state index contributed by atoms with van der Waals surface area (Å²) in [6.45, 7) is 1.36. The Labute approximate surface area is 72.1 Å². The van der Waals surface area contributed by atoms with Crippen molar-refractivity contribution in [2.45, 2.75) is 19.8 Å². The number of hydrogen-bond donors (Lipinski definition) is 0. The van der Waals surface area contributed by atoms with Gasteiger partial charge < -0.3 is 4.74 Å². The van der Waals surface area contributed by atoms with Crippen molar-refractivity contribution in [2.75, 3.05) is 7.11 Å². The summed E-state index contributed by atoms with van der Waals surface area (Å²) in [7, 11) is 1.26. The summed E-state index contributed by atoms with van der Waals surface area (Å²) in [5.74, 6) is 0.984. The zero-order chi connectivity index (χ0) is 9.56. The Kier molecular flexibility index (Phi) is 4.78. The summed E-state index contributed by atoms with van der Waals surface area (Å²) in [4.78, 5) is 21.8. The van der Waals surface area contributed by atoms with Gasteiger partial charge in [-0.05, 0) is 13.3 Å². The molecule has 0 aliphatic carbocycles. The van der Waals surface area contributed by atoms with E-state index in [1.165, 1.54) is 14.0 Å². The lowest BCUT2D eigenvalue weighted by Gasteiger charge is -2.08. The van der Waals surface area contributed by atoms with E-state index in [0.29, 0.717) is 12.8 Å². The summed E-state index contributed by atoms with van der Waals surface area (Å²) in [5.41, 5.74) is 0. The van der Waals surface area contributed by atoms with Crippen molar-refractivity contribution in [3.8, 4) is 12.3 Å². The average molecular weight is 168 g/mol. The van der Waals surface area contributed by atoms with Gasteiger partial charge in [0.05, 0.1) is 7.11 Å². The molecule has 0 heterocycles. The summed E-state index contributed by atoms with van der Waals surface area (Å²) in [6, 6.07) is 0. The van der Waals surface area contributed by atoms with Gasteiger partial charge in [-0.25, -0.2) is 0 Å². The molecule has 3 nitrogen and oxygen atoms in total. The van der Waals surface area contributed by atoms with Gasteiger partial charge in [-0.2, -0.15) is 0 Å². The van der Waals surface area contributed by atoms with Gasteiger partial charge in [-0.1, -0.05) is 0 Å². The van der Waals surface area contributed by atoms with Crippen molar-refractivity contribution < 1.29 is 14.3 Å². The van der Waals surface area contributed by atoms with E-state index in [-0.39, 0.29) is 5.78 Å². The van der Waals surface area contributed by atoms with Crippen LogP contribution in [0.3, 0.4) is 0 Å². The molecule has 66 valence electrons. The van der Waals surface area contributed by atoms with Crippen molar-refractivity contribution in [1.29, 1.82) is 0 Å². The van der Waals surface area contributed by atoms with Crippen LogP contribution in [0.1, 0.15) is 19.8 Å². The van der Waals surface area contributed by atoms with Crippen LogP contribution in [0.25, 0.3) is 0 Å². The minimum atomic E-state index is -0.689. The van der Waals surface area contributed by atoms with Gasteiger partial charge >= 0.3 is 5.97 Å². The first kappa shape index (κ1) is 10.7. The second kappa shape index (κ2) is 5.36. The van der Waals surface area contributed by atoms with Gasteiger partial charge in [0.25, 0.3) is 0 Å². The monoisotopic (exact) mass is 168 g/mol. The molecule has 12 heavy (non-hydrogen) atoms. The summed E-state index contributed by atoms with van der Waals surface area (Å²) >= 11 is 0. The summed E-state index contributed by atoms with van der Waals surface area (Å²) in [5, 5.41) is 0. The van der Waals surface area contributed by atoms with Gasteiger partial charge in [0.15, 0.2) is 0 Å². The molecule has 3 heteroatoms. The molecule has 0 aromatic carbocycles. The van der Waals surface area contributed by atoms with Crippen molar-refractivity contribution in [3.05, 3.63) is 0 Å². The first-order chi connectivity index (χ1) is 5.63. The van der Waals surface area contributed by atoms with Crippen LogP contribution in [0.2, 0.25) is 0 Å². The van der Waals surface area contributed by atoms with E-state index < -0.39 is 11.9 Å². The predicted molar refractivity (Wildman–Crippen MR) is 44.3 cm³/mol. The fourth-order valence-electron chi connectivity index (χ4n) is 0.857. The molecule has 0 spiro atoms. The lowest BCUT2D eigenvalue weighted by atomic mass is 10.00. The van der Waals surface area contributed by atoms with Gasteiger partial charge in [-0.15, -0.1) is 12.3 Å². The number of ketones is 1. The highest BCUT2D eigenvalue weighted by Crippen LogP contribution is 2.08. The van der Waals surface area contributed by atoms with Crippen LogP contribution in [-0.4, -0.2) is 18.9 Å². The molecule has 0 aliphatic rings. The molecule has 0 amide bonds. The fraction of sp³-hybridized carbons (Fsp3) is 0.556. The highest BCUT2D eigenvalue weighted by Gasteiger charge is 2.22. The van der Waals surface area contributed by atoms with Crippen molar-refractivity contribution >= 4 is 11.8 Å². The second-order valence-corrected chi connectivity index (χ2v) is 2.43. The van der Waals surface area contributed by atoms with Crippen LogP contribution in [0.4, 0.5) is 0 Å². The Morgan fingerprint density at radius 3 is 2.50 bits per heavy atom. The van der Waals surface area contributed by atoms with Gasteiger partial charge in [0.2, 0.25) is 0 Å². The highest BCUT2D eigenvalue weighted by molar-refractivity contribution is 5.97. The van der Waals surface area contributed by atoms with Crippen LogP contribution < -0.4 is 0 Å². The molecule has 0 saturated carbocycles. The Bertz CT molecular complexity index is 212. The molecule has 0 bridgehead atoms. The first-order valence-electron chi connectivity index (χ1n) is 3.65. The smallest absolute Gasteiger partial charge is 0.316 e. The lowest BCUT2D eigenvalue weighted by Crippen LogP contribution is -2.22. The molecule has 0 rings (SSSR count). The molecule has 0 saturated heterocycles. The highest BCUT2D eigenvalue weighted by atomic mass is 16.5. The molecular formula is C9H12O3. The summed E-state index contributed by atoms with van der Waals surface area (Å²) in [6.07, 6.45) is 5.79. The number of hydrogen-bond acceptors (Lipinski definition) is 3. The average Bonchev–Trinajstić information content (AvgIpc) is 2.04. The van der Waals surface area contributed by atoms with E-state index in [9.17, 15) is 9.59 Å². The van der Waals surface area contributed by atoms with Crippen LogP contribution in [0, 0.1) is 18.3 Å². The lowest BCUT2D eigenvalue weighted by molar-refractivity contribution is -0.149. The van der Waals surface area contributed by atoms with E-state index in [4.69, 9.17) is 6.42 Å². The van der Waals surface area contributed by atoms with Crippen molar-refractivity contribution in [2.24, 2.45) is 5.92 Å². The Morgan fingerprint density at radius 2 is 2.17 bits per heavy atom. The molecule has 0 aromatic rings. The second-order valence-electron chi connectivity index (χ2n) is 2.43. The minimum Gasteiger partial charge on any atom is -0.468 e. The fourth-order valence-corrected chi connectivity index (χ4v) is 0.857. The number of terminal acetylenes is 1. The minimum absolute atomic E-state index is 0.197. The number of methoxy groups -OCH3 is 1. The Morgan fingerprint density at radius 1 is 1.58 bits per heavy atom. The number of esters is 1. The predicted octanol–water partition coefficient (Wildman–Crippen LogP) is 0.778. The number of carbonyl (C=O) groups excluding carboxylic acids is 2. The number of carbonyl (C=O) groups is 2. The molecule has 0 N–H and O–H groups in total. The number of ether oxygens (including phenoxy) is 1. The topological polar surface area (TPSA) is 43.4 Å². The van der Waals surface area contributed by atoms with E-state index in [1.54, 1.807) is 0 Å². The third kappa shape index (κ3) is 3.20. The molecular weight excluding hydrogens is 156 g/mol. The maximum Gasteiger partial charge on any atom is 0.316 e. The largest absolute Gasteiger partial charge is 0.468 e. The van der Waals surface area contributed by atoms with Crippen LogP contribution in [0.5, 0.6) is 0 Å². The molecule has 1 unspecified atom stereocenters. The number of Topliss-reactive ketones (excluding diaryl/α,β-unsaturated/α-hetero) is 1. The van der Waals surface area contributed by atoms with Gasteiger partial charge in [0, 0.05) is 6.42 Å². The van der Waals surface area contributed by atoms with Crippen LogP contribution in [-0.2, 0) is 14.3 Å². The van der Waals surface area contributed by atoms with E-state index in [1.807, 2.05) is 0 Å². The van der Waals surface area contributed by atoms with E-state index >= 15 is 0 Å². The summed E-state index contributed by atoms with van der Waals surface area (Å²) < 4.78 is 4.44. The Hall–Kier alpha value is -1.30. The maximum atomic E-state index is 10.9. The van der Waals surface area contributed by atoms with E-state index in [0.717, 1.165) is 0 Å². The molecule has 0 aliphatic heterocycles. The van der Waals surface area contributed by atoms with Gasteiger partial charge in [0.1, 0.15) is 11.7 Å². The van der Waals surface area contributed by atoms with Crippen LogP contribution >= 0.6 is 0 Å². The molecule has 1 atom stereocenters. The first-order valence-corrected chi connectivity index (χ1v) is 3.65. The SMILES string of the molecule is C#CCCC(C(C)=O)C(=O)OC. The van der Waals surface area contributed by atoms with E-state index in [2.05, 4.69) is 10.7 Å². The maximum absolute atomic E-state index is 10.9.